The molecule has 0 bridgehead atoms. The average molecular weight is 277 g/mol. The van der Waals surface area contributed by atoms with Gasteiger partial charge < -0.3 is 10.1 Å². The summed E-state index contributed by atoms with van der Waals surface area (Å²) in [6.45, 7) is 0. The molecule has 1 N–H and O–H groups in total. The van der Waals surface area contributed by atoms with E-state index < -0.39 is 5.82 Å². The Morgan fingerprint density at radius 2 is 2.05 bits per heavy atom. The van der Waals surface area contributed by atoms with E-state index in [1.54, 1.807) is 31.4 Å². The molecule has 0 atom stereocenters. The molecule has 0 aliphatic carbocycles. The Kier molecular flexibility index (Phi) is 4.06. The van der Waals surface area contributed by atoms with Gasteiger partial charge in [-0.05, 0) is 30.3 Å². The molecule has 0 heterocycles. The third kappa shape index (κ3) is 3.26. The predicted octanol–water partition coefficient (Wildman–Crippen LogP) is 3.38. The van der Waals surface area contributed by atoms with Crippen LogP contribution in [0.5, 0.6) is 5.75 Å². The highest BCUT2D eigenvalue weighted by molar-refractivity contribution is 7.80. The van der Waals surface area contributed by atoms with Crippen molar-refractivity contribution in [2.75, 3.05) is 12.4 Å². The van der Waals surface area contributed by atoms with E-state index in [-0.39, 0.29) is 10.8 Å². The van der Waals surface area contributed by atoms with E-state index in [0.717, 1.165) is 0 Å². The number of benzene rings is 2. The van der Waals surface area contributed by atoms with Crippen molar-refractivity contribution in [3.05, 3.63) is 53.8 Å². The molecule has 0 unspecified atom stereocenters. The number of methoxy groups -OCH3 is 1. The molecule has 0 radical (unpaired) electrons. The summed E-state index contributed by atoms with van der Waals surface area (Å²) in [5.74, 6) is -0.142. The zero-order chi connectivity index (χ0) is 13.8. The molecule has 2 rings (SSSR count). The number of nitrogens with one attached hydrogen (secondary N) is 1. The predicted molar refractivity (Wildman–Crippen MR) is 74.6 cm³/mol. The molecule has 19 heavy (non-hydrogen) atoms. The van der Waals surface area contributed by atoms with Crippen LogP contribution in [-0.4, -0.2) is 13.0 Å². The summed E-state index contributed by atoms with van der Waals surface area (Å²) in [5.41, 5.74) is 0.948. The van der Waals surface area contributed by atoms with Gasteiger partial charge in [0.25, 0.3) is 5.91 Å². The maximum Gasteiger partial charge on any atom is 0.255 e. The first-order valence-corrected chi connectivity index (χ1v) is 5.99. The van der Waals surface area contributed by atoms with Gasteiger partial charge in [0, 0.05) is 22.2 Å². The Bertz CT molecular complexity index is 616. The van der Waals surface area contributed by atoms with Crippen LogP contribution in [0.25, 0.3) is 0 Å². The lowest BCUT2D eigenvalue weighted by Gasteiger charge is -2.07. The van der Waals surface area contributed by atoms with Crippen LogP contribution in [0.4, 0.5) is 10.1 Å². The average Bonchev–Trinajstić information content (AvgIpc) is 2.42. The molecule has 2 aromatic carbocycles. The SMILES string of the molecule is COc1cccc(NC(=O)c2ccc(F)c(S)c2)c1. The highest BCUT2D eigenvalue weighted by atomic mass is 32.1. The molecule has 1 amide bonds. The smallest absolute Gasteiger partial charge is 0.255 e. The minimum absolute atomic E-state index is 0.137. The molecule has 0 aliphatic rings. The van der Waals surface area contributed by atoms with E-state index in [1.165, 1.54) is 18.2 Å². The topological polar surface area (TPSA) is 38.3 Å². The number of hydrogen-bond donors (Lipinski definition) is 2. The molecule has 5 heteroatoms. The van der Waals surface area contributed by atoms with Gasteiger partial charge in [-0.2, -0.15) is 0 Å². The first-order valence-electron chi connectivity index (χ1n) is 5.54. The van der Waals surface area contributed by atoms with E-state index in [9.17, 15) is 9.18 Å². The fourth-order valence-electron chi connectivity index (χ4n) is 1.56. The van der Waals surface area contributed by atoms with E-state index in [2.05, 4.69) is 17.9 Å². The molecule has 0 saturated carbocycles. The monoisotopic (exact) mass is 277 g/mol. The molecular formula is C14H12FNO2S. The number of carbonyl (C=O) groups excluding carboxylic acids is 1. The maximum absolute atomic E-state index is 13.1. The molecule has 0 saturated heterocycles. The van der Waals surface area contributed by atoms with Crippen LogP contribution in [0, 0.1) is 5.82 Å². The van der Waals surface area contributed by atoms with Gasteiger partial charge in [-0.15, -0.1) is 12.6 Å². The van der Waals surface area contributed by atoms with E-state index in [1.807, 2.05) is 0 Å². The Balaban J connectivity index is 2.18. The van der Waals surface area contributed by atoms with Crippen LogP contribution >= 0.6 is 12.6 Å². The van der Waals surface area contributed by atoms with Gasteiger partial charge in [0.2, 0.25) is 0 Å². The quantitative estimate of drug-likeness (QED) is 0.844. The molecule has 2 aromatic rings. The van der Waals surface area contributed by atoms with Gasteiger partial charge in [-0.25, -0.2) is 4.39 Å². The maximum atomic E-state index is 13.1. The summed E-state index contributed by atoms with van der Waals surface area (Å²) in [4.78, 5) is 12.1. The van der Waals surface area contributed by atoms with Crippen LogP contribution in [0.15, 0.2) is 47.4 Å². The fourth-order valence-corrected chi connectivity index (χ4v) is 1.77. The van der Waals surface area contributed by atoms with Crippen LogP contribution in [-0.2, 0) is 0 Å². The zero-order valence-corrected chi connectivity index (χ0v) is 11.1. The summed E-state index contributed by atoms with van der Waals surface area (Å²) in [7, 11) is 1.55. The van der Waals surface area contributed by atoms with E-state index >= 15 is 0 Å². The lowest BCUT2D eigenvalue weighted by Crippen LogP contribution is -2.12. The Morgan fingerprint density at radius 3 is 2.74 bits per heavy atom. The summed E-state index contributed by atoms with van der Waals surface area (Å²) in [5, 5.41) is 2.70. The molecule has 0 spiro atoms. The van der Waals surface area contributed by atoms with Crippen molar-refractivity contribution in [3.8, 4) is 5.75 Å². The van der Waals surface area contributed by atoms with Gasteiger partial charge in [-0.1, -0.05) is 6.07 Å². The van der Waals surface area contributed by atoms with Gasteiger partial charge >= 0.3 is 0 Å². The fraction of sp³-hybridized carbons (Fsp3) is 0.0714. The second-order valence-corrected chi connectivity index (χ2v) is 4.33. The Morgan fingerprint density at radius 1 is 1.26 bits per heavy atom. The van der Waals surface area contributed by atoms with Gasteiger partial charge in [0.05, 0.1) is 7.11 Å². The van der Waals surface area contributed by atoms with Crippen molar-refractivity contribution in [1.29, 1.82) is 0 Å². The molecular weight excluding hydrogens is 265 g/mol. The lowest BCUT2D eigenvalue weighted by atomic mass is 10.2. The van der Waals surface area contributed by atoms with Gasteiger partial charge in [0.1, 0.15) is 11.6 Å². The number of hydrogen-bond acceptors (Lipinski definition) is 3. The van der Waals surface area contributed by atoms with Crippen LogP contribution < -0.4 is 10.1 Å². The van der Waals surface area contributed by atoms with Crippen molar-refractivity contribution in [2.45, 2.75) is 4.90 Å². The number of ether oxygens (including phenoxy) is 1. The van der Waals surface area contributed by atoms with Crippen molar-refractivity contribution in [2.24, 2.45) is 0 Å². The first-order chi connectivity index (χ1) is 9.10. The Hall–Kier alpha value is -2.01. The van der Waals surface area contributed by atoms with Crippen molar-refractivity contribution in [3.63, 3.8) is 0 Å². The normalized spacial score (nSPS) is 10.1. The molecule has 0 fully saturated rings. The van der Waals surface area contributed by atoms with Crippen LogP contribution in [0.2, 0.25) is 0 Å². The summed E-state index contributed by atoms with van der Waals surface area (Å²) < 4.78 is 18.1. The third-order valence-corrected chi connectivity index (χ3v) is 2.88. The number of carbonyl (C=O) groups is 1. The second-order valence-electron chi connectivity index (χ2n) is 3.85. The molecule has 3 nitrogen and oxygen atoms in total. The standard InChI is InChI=1S/C14H12FNO2S/c1-18-11-4-2-3-10(8-11)16-14(17)9-5-6-12(15)13(19)7-9/h2-8,19H,1H3,(H,16,17). The minimum Gasteiger partial charge on any atom is -0.497 e. The number of halogens is 1. The number of amides is 1. The number of anilines is 1. The summed E-state index contributed by atoms with van der Waals surface area (Å²) in [6, 6.07) is 11.0. The van der Waals surface area contributed by atoms with Crippen LogP contribution in [0.1, 0.15) is 10.4 Å². The Labute approximate surface area is 115 Å². The van der Waals surface area contributed by atoms with Gasteiger partial charge in [-0.3, -0.25) is 4.79 Å². The van der Waals surface area contributed by atoms with Gasteiger partial charge in [0.15, 0.2) is 0 Å². The first kappa shape index (κ1) is 13.4. The van der Waals surface area contributed by atoms with E-state index in [0.29, 0.717) is 17.0 Å². The summed E-state index contributed by atoms with van der Waals surface area (Å²) in [6.07, 6.45) is 0. The van der Waals surface area contributed by atoms with Crippen LogP contribution in [0.3, 0.4) is 0 Å². The number of rotatable bonds is 3. The number of thiol groups is 1. The van der Waals surface area contributed by atoms with Crippen molar-refractivity contribution < 1.29 is 13.9 Å². The summed E-state index contributed by atoms with van der Waals surface area (Å²) >= 11 is 3.94. The lowest BCUT2D eigenvalue weighted by molar-refractivity contribution is 0.102. The van der Waals surface area contributed by atoms with E-state index in [4.69, 9.17) is 4.74 Å². The second kappa shape index (κ2) is 5.75. The van der Waals surface area contributed by atoms with Crippen molar-refractivity contribution in [1.82, 2.24) is 0 Å². The zero-order valence-electron chi connectivity index (χ0n) is 10.2. The third-order valence-electron chi connectivity index (χ3n) is 2.54. The minimum atomic E-state index is -0.457. The molecule has 0 aromatic heterocycles. The molecule has 0 aliphatic heterocycles. The largest absolute Gasteiger partial charge is 0.497 e. The highest BCUT2D eigenvalue weighted by Crippen LogP contribution is 2.19. The molecule has 98 valence electrons. The van der Waals surface area contributed by atoms with Crippen molar-refractivity contribution >= 4 is 24.2 Å². The highest BCUT2D eigenvalue weighted by Gasteiger charge is 2.08.